The van der Waals surface area contributed by atoms with E-state index in [0.717, 1.165) is 24.4 Å². The molecule has 2 heterocycles. The van der Waals surface area contributed by atoms with Crippen molar-refractivity contribution >= 4 is 21.4 Å². The molecule has 0 amide bonds. The van der Waals surface area contributed by atoms with Gasteiger partial charge in [0.1, 0.15) is 4.21 Å². The molecule has 0 saturated carbocycles. The first-order valence-corrected chi connectivity index (χ1v) is 9.02. The van der Waals surface area contributed by atoms with E-state index >= 15 is 0 Å². The molecule has 0 radical (unpaired) electrons. The van der Waals surface area contributed by atoms with E-state index in [-0.39, 0.29) is 6.04 Å². The summed E-state index contributed by atoms with van der Waals surface area (Å²) in [5, 5.41) is 3.22. The molecule has 1 aliphatic heterocycles. The molecule has 0 spiro atoms. The molecule has 4 nitrogen and oxygen atoms in total. The number of hydrogen-bond acceptors (Lipinski definition) is 4. The number of rotatable bonds is 5. The minimum absolute atomic E-state index is 0.110. The molecule has 0 aliphatic carbocycles. The smallest absolute Gasteiger partial charge is 0.252 e. The maximum Gasteiger partial charge on any atom is 0.252 e. The highest BCUT2D eigenvalue weighted by Crippen LogP contribution is 2.32. The Labute approximate surface area is 119 Å². The van der Waals surface area contributed by atoms with Gasteiger partial charge in [0.2, 0.25) is 0 Å². The summed E-state index contributed by atoms with van der Waals surface area (Å²) < 4.78 is 27.3. The summed E-state index contributed by atoms with van der Waals surface area (Å²) >= 11 is 1.38. The van der Waals surface area contributed by atoms with Gasteiger partial charge in [0, 0.05) is 24.0 Å². The van der Waals surface area contributed by atoms with E-state index in [1.165, 1.54) is 11.3 Å². The molecular weight excluding hydrogens is 280 g/mol. The first-order chi connectivity index (χ1) is 8.95. The lowest BCUT2D eigenvalue weighted by atomic mass is 10.1. The fourth-order valence-electron chi connectivity index (χ4n) is 2.55. The van der Waals surface area contributed by atoms with Crippen molar-refractivity contribution in [2.75, 3.05) is 13.1 Å². The molecule has 2 atom stereocenters. The van der Waals surface area contributed by atoms with E-state index in [4.69, 9.17) is 0 Å². The van der Waals surface area contributed by atoms with Gasteiger partial charge in [0.25, 0.3) is 10.0 Å². The standard InChI is InChI=1S/C13H22N2O2S2/c1-4-14-8-12-5-6-13(18-12)19(16,17)15-9-10(2)7-11(15)3/h5-6,10-11,14H,4,7-9H2,1-3H3. The van der Waals surface area contributed by atoms with Gasteiger partial charge in [-0.15, -0.1) is 11.3 Å². The van der Waals surface area contributed by atoms with Crippen molar-refractivity contribution in [3.05, 3.63) is 17.0 Å². The highest BCUT2D eigenvalue weighted by atomic mass is 32.2. The molecule has 0 bridgehead atoms. The van der Waals surface area contributed by atoms with Crippen LogP contribution < -0.4 is 5.32 Å². The van der Waals surface area contributed by atoms with Crippen molar-refractivity contribution in [3.8, 4) is 0 Å². The zero-order valence-corrected chi connectivity index (χ0v) is 13.4. The van der Waals surface area contributed by atoms with Gasteiger partial charge >= 0.3 is 0 Å². The van der Waals surface area contributed by atoms with Crippen LogP contribution >= 0.6 is 11.3 Å². The summed E-state index contributed by atoms with van der Waals surface area (Å²) in [6, 6.07) is 3.76. The number of nitrogens with zero attached hydrogens (tertiary/aromatic N) is 1. The monoisotopic (exact) mass is 302 g/mol. The van der Waals surface area contributed by atoms with Gasteiger partial charge < -0.3 is 5.32 Å². The van der Waals surface area contributed by atoms with Crippen molar-refractivity contribution in [1.82, 2.24) is 9.62 Å². The van der Waals surface area contributed by atoms with Gasteiger partial charge in [-0.25, -0.2) is 8.42 Å². The lowest BCUT2D eigenvalue weighted by Gasteiger charge is -2.19. The Hall–Kier alpha value is -0.430. The SMILES string of the molecule is CCNCc1ccc(S(=O)(=O)N2CC(C)CC2C)s1. The molecule has 108 valence electrons. The molecule has 0 aromatic carbocycles. The Morgan fingerprint density at radius 1 is 1.42 bits per heavy atom. The van der Waals surface area contributed by atoms with E-state index in [1.54, 1.807) is 10.4 Å². The number of thiophene rings is 1. The normalized spacial score (nSPS) is 25.0. The number of hydrogen-bond donors (Lipinski definition) is 1. The quantitative estimate of drug-likeness (QED) is 0.908. The largest absolute Gasteiger partial charge is 0.312 e. The second-order valence-corrected chi connectivity index (χ2v) is 8.55. The Kier molecular flexibility index (Phi) is 4.66. The molecule has 1 N–H and O–H groups in total. The maximum absolute atomic E-state index is 12.6. The summed E-state index contributed by atoms with van der Waals surface area (Å²) in [7, 11) is -3.30. The average Bonchev–Trinajstić information content (AvgIpc) is 2.93. The Balaban J connectivity index is 2.17. The van der Waals surface area contributed by atoms with E-state index < -0.39 is 10.0 Å². The van der Waals surface area contributed by atoms with Crippen LogP contribution in [0, 0.1) is 5.92 Å². The highest BCUT2D eigenvalue weighted by Gasteiger charge is 2.36. The van der Waals surface area contributed by atoms with Gasteiger partial charge in [-0.05, 0) is 37.9 Å². The Morgan fingerprint density at radius 2 is 2.16 bits per heavy atom. The van der Waals surface area contributed by atoms with Crippen LogP contribution in [-0.2, 0) is 16.6 Å². The number of nitrogens with one attached hydrogen (secondary N) is 1. The summed E-state index contributed by atoms with van der Waals surface area (Å²) in [6.45, 7) is 8.41. The van der Waals surface area contributed by atoms with Crippen molar-refractivity contribution < 1.29 is 8.42 Å². The van der Waals surface area contributed by atoms with E-state index in [1.807, 2.05) is 19.9 Å². The van der Waals surface area contributed by atoms with E-state index in [0.29, 0.717) is 16.7 Å². The van der Waals surface area contributed by atoms with Crippen molar-refractivity contribution in [2.24, 2.45) is 5.92 Å². The van der Waals surface area contributed by atoms with Gasteiger partial charge in [0.05, 0.1) is 0 Å². The third-order valence-corrected chi connectivity index (χ3v) is 7.01. The maximum atomic E-state index is 12.6. The molecule has 2 rings (SSSR count). The van der Waals surface area contributed by atoms with E-state index in [2.05, 4.69) is 12.2 Å². The Morgan fingerprint density at radius 3 is 2.74 bits per heavy atom. The van der Waals surface area contributed by atoms with Crippen LogP contribution in [0.2, 0.25) is 0 Å². The highest BCUT2D eigenvalue weighted by molar-refractivity contribution is 7.91. The lowest BCUT2D eigenvalue weighted by Crippen LogP contribution is -2.33. The summed E-state index contributed by atoms with van der Waals surface area (Å²) in [5.74, 6) is 0.450. The van der Waals surface area contributed by atoms with Crippen LogP contribution in [0.3, 0.4) is 0 Å². The predicted octanol–water partition coefficient (Wildman–Crippen LogP) is 2.28. The zero-order chi connectivity index (χ0) is 14.0. The topological polar surface area (TPSA) is 49.4 Å². The molecule has 1 fully saturated rings. The number of sulfonamides is 1. The molecule has 1 saturated heterocycles. The van der Waals surface area contributed by atoms with Crippen molar-refractivity contribution in [2.45, 2.75) is 44.0 Å². The third kappa shape index (κ3) is 3.18. The van der Waals surface area contributed by atoms with Crippen LogP contribution in [0.1, 0.15) is 32.1 Å². The molecule has 6 heteroatoms. The molecule has 2 unspecified atom stereocenters. The minimum Gasteiger partial charge on any atom is -0.312 e. The van der Waals surface area contributed by atoms with Crippen molar-refractivity contribution in [3.63, 3.8) is 0 Å². The Bertz CT molecular complexity index is 525. The fraction of sp³-hybridized carbons (Fsp3) is 0.692. The second kappa shape index (κ2) is 5.91. The van der Waals surface area contributed by atoms with Crippen LogP contribution in [0.25, 0.3) is 0 Å². The van der Waals surface area contributed by atoms with Gasteiger partial charge in [0.15, 0.2) is 0 Å². The molecule has 1 aromatic heterocycles. The second-order valence-electron chi connectivity index (χ2n) is 5.27. The van der Waals surface area contributed by atoms with Crippen LogP contribution in [0.15, 0.2) is 16.3 Å². The summed E-state index contributed by atoms with van der Waals surface area (Å²) in [4.78, 5) is 1.07. The summed E-state index contributed by atoms with van der Waals surface area (Å²) in [5.41, 5.74) is 0. The van der Waals surface area contributed by atoms with Gasteiger partial charge in [-0.1, -0.05) is 13.8 Å². The fourth-order valence-corrected chi connectivity index (χ4v) is 5.77. The van der Waals surface area contributed by atoms with Crippen molar-refractivity contribution in [1.29, 1.82) is 0 Å². The lowest BCUT2D eigenvalue weighted by molar-refractivity contribution is 0.407. The average molecular weight is 302 g/mol. The van der Waals surface area contributed by atoms with Gasteiger partial charge in [-0.3, -0.25) is 0 Å². The predicted molar refractivity (Wildman–Crippen MR) is 78.8 cm³/mol. The zero-order valence-electron chi connectivity index (χ0n) is 11.7. The molecule has 1 aliphatic rings. The molecule has 19 heavy (non-hydrogen) atoms. The van der Waals surface area contributed by atoms with Crippen LogP contribution in [-0.4, -0.2) is 31.9 Å². The first-order valence-electron chi connectivity index (χ1n) is 6.76. The first kappa shape index (κ1) is 15.0. The van der Waals surface area contributed by atoms with E-state index in [9.17, 15) is 8.42 Å². The van der Waals surface area contributed by atoms with Crippen LogP contribution in [0.5, 0.6) is 0 Å². The minimum atomic E-state index is -3.30. The van der Waals surface area contributed by atoms with Gasteiger partial charge in [-0.2, -0.15) is 4.31 Å². The third-order valence-electron chi connectivity index (χ3n) is 3.48. The van der Waals surface area contributed by atoms with Crippen LogP contribution in [0.4, 0.5) is 0 Å². The molecule has 1 aromatic rings. The molecular formula is C13H22N2O2S2. The summed E-state index contributed by atoms with van der Waals surface area (Å²) in [6.07, 6.45) is 0.953.